The minimum Gasteiger partial charge on any atom is -0.308 e. The molecule has 0 spiro atoms. The number of aromatic nitrogens is 2. The van der Waals surface area contributed by atoms with Crippen molar-refractivity contribution in [2.24, 2.45) is 0 Å². The van der Waals surface area contributed by atoms with Crippen LogP contribution in [0.3, 0.4) is 0 Å². The summed E-state index contributed by atoms with van der Waals surface area (Å²) in [6.07, 6.45) is 0. The molecule has 0 aliphatic carbocycles. The number of thiophene rings is 1. The minimum atomic E-state index is -0.0628. The highest BCUT2D eigenvalue weighted by Crippen LogP contribution is 2.13. The monoisotopic (exact) mass is 235 g/mol. The molecule has 0 aromatic carbocycles. The molecule has 0 fully saturated rings. The molecule has 0 atom stereocenters. The van der Waals surface area contributed by atoms with Gasteiger partial charge in [-0.2, -0.15) is 0 Å². The van der Waals surface area contributed by atoms with Gasteiger partial charge in [-0.3, -0.25) is 4.79 Å². The molecule has 2 rings (SSSR count). The lowest BCUT2D eigenvalue weighted by Gasteiger charge is -2.03. The van der Waals surface area contributed by atoms with Crippen molar-refractivity contribution in [1.82, 2.24) is 15.3 Å². The van der Waals surface area contributed by atoms with Crippen LogP contribution in [0, 0.1) is 0 Å². The lowest BCUT2D eigenvalue weighted by molar-refractivity contribution is 0.703. The fourth-order valence-corrected chi connectivity index (χ4v) is 2.13. The van der Waals surface area contributed by atoms with Crippen LogP contribution in [-0.2, 0) is 6.54 Å². The second-order valence-electron chi connectivity index (χ2n) is 3.71. The quantitative estimate of drug-likeness (QED) is 0.792. The Kier molecular flexibility index (Phi) is 3.17. The largest absolute Gasteiger partial charge is 0.308 e. The number of hydrogen-bond acceptors (Lipinski definition) is 4. The Labute approximate surface area is 97.0 Å². The Morgan fingerprint density at radius 2 is 2.50 bits per heavy atom. The Hall–Kier alpha value is -1.46. The lowest BCUT2D eigenvalue weighted by Crippen LogP contribution is -2.20. The number of fused-ring (bicyclic) bond motifs is 1. The normalized spacial score (nSPS) is 10.8. The van der Waals surface area contributed by atoms with Crippen LogP contribution in [0.5, 0.6) is 0 Å². The SMILES string of the molecule is C=C(C)CNCc1nc2ccsc2c(=O)[nH]1. The van der Waals surface area contributed by atoms with Gasteiger partial charge in [0.05, 0.1) is 12.1 Å². The highest BCUT2D eigenvalue weighted by Gasteiger charge is 2.04. The Morgan fingerprint density at radius 3 is 3.25 bits per heavy atom. The molecule has 16 heavy (non-hydrogen) atoms. The third-order valence-electron chi connectivity index (χ3n) is 2.08. The first-order valence-corrected chi connectivity index (χ1v) is 5.86. The first-order chi connectivity index (χ1) is 7.66. The molecule has 2 heterocycles. The third kappa shape index (κ3) is 2.37. The van der Waals surface area contributed by atoms with Crippen LogP contribution in [0.25, 0.3) is 10.2 Å². The molecule has 4 nitrogen and oxygen atoms in total. The summed E-state index contributed by atoms with van der Waals surface area (Å²) in [6.45, 7) is 7.02. The standard InChI is InChI=1S/C11H13N3OS/c1-7(2)5-12-6-9-13-8-3-4-16-10(8)11(15)14-9/h3-4,12H,1,5-6H2,2H3,(H,13,14,15). The van der Waals surface area contributed by atoms with E-state index in [9.17, 15) is 4.79 Å². The zero-order chi connectivity index (χ0) is 11.5. The van der Waals surface area contributed by atoms with Crippen molar-refractivity contribution < 1.29 is 0 Å². The minimum absolute atomic E-state index is 0.0628. The number of nitrogens with one attached hydrogen (secondary N) is 2. The topological polar surface area (TPSA) is 57.8 Å². The van der Waals surface area contributed by atoms with E-state index in [-0.39, 0.29) is 5.56 Å². The molecule has 0 saturated carbocycles. The van der Waals surface area contributed by atoms with Crippen molar-refractivity contribution in [2.45, 2.75) is 13.5 Å². The van der Waals surface area contributed by atoms with Crippen molar-refractivity contribution in [3.05, 3.63) is 39.8 Å². The average molecular weight is 235 g/mol. The predicted molar refractivity (Wildman–Crippen MR) is 66.8 cm³/mol. The van der Waals surface area contributed by atoms with Gasteiger partial charge in [-0.05, 0) is 18.4 Å². The van der Waals surface area contributed by atoms with Gasteiger partial charge >= 0.3 is 0 Å². The number of aromatic amines is 1. The summed E-state index contributed by atoms with van der Waals surface area (Å²) in [5.41, 5.74) is 1.76. The smallest absolute Gasteiger partial charge is 0.268 e. The zero-order valence-corrected chi connectivity index (χ0v) is 9.86. The fourth-order valence-electron chi connectivity index (χ4n) is 1.40. The van der Waals surface area contributed by atoms with Crippen molar-refractivity contribution >= 4 is 21.6 Å². The van der Waals surface area contributed by atoms with Gasteiger partial charge in [0.25, 0.3) is 5.56 Å². The maximum Gasteiger partial charge on any atom is 0.268 e. The summed E-state index contributed by atoms with van der Waals surface area (Å²) < 4.78 is 0.684. The Bertz CT molecular complexity index is 570. The highest BCUT2D eigenvalue weighted by atomic mass is 32.1. The van der Waals surface area contributed by atoms with E-state index in [1.54, 1.807) is 0 Å². The van der Waals surface area contributed by atoms with Crippen LogP contribution >= 0.6 is 11.3 Å². The molecule has 0 radical (unpaired) electrons. The fraction of sp³-hybridized carbons (Fsp3) is 0.273. The van der Waals surface area contributed by atoms with Crippen LogP contribution in [0.15, 0.2) is 28.4 Å². The van der Waals surface area contributed by atoms with Crippen LogP contribution in [0.4, 0.5) is 0 Å². The van der Waals surface area contributed by atoms with Crippen molar-refractivity contribution in [1.29, 1.82) is 0 Å². The van der Waals surface area contributed by atoms with Crippen molar-refractivity contribution in [2.75, 3.05) is 6.54 Å². The first-order valence-electron chi connectivity index (χ1n) is 4.98. The Balaban J connectivity index is 2.18. The molecule has 84 valence electrons. The highest BCUT2D eigenvalue weighted by molar-refractivity contribution is 7.17. The van der Waals surface area contributed by atoms with Crippen LogP contribution in [0.1, 0.15) is 12.7 Å². The number of nitrogens with zero attached hydrogens (tertiary/aromatic N) is 1. The van der Waals surface area contributed by atoms with E-state index < -0.39 is 0 Å². The molecule has 0 aliphatic rings. The van der Waals surface area contributed by atoms with Gasteiger partial charge in [0.15, 0.2) is 0 Å². The van der Waals surface area contributed by atoms with Gasteiger partial charge in [-0.15, -0.1) is 11.3 Å². The summed E-state index contributed by atoms with van der Waals surface area (Å²) in [4.78, 5) is 18.7. The van der Waals surface area contributed by atoms with Gasteiger partial charge in [0, 0.05) is 6.54 Å². The number of hydrogen-bond donors (Lipinski definition) is 2. The summed E-state index contributed by atoms with van der Waals surface area (Å²) in [6, 6.07) is 1.86. The van der Waals surface area contributed by atoms with Gasteiger partial charge in [-0.25, -0.2) is 4.98 Å². The second kappa shape index (κ2) is 4.59. The van der Waals surface area contributed by atoms with Crippen LogP contribution in [0.2, 0.25) is 0 Å². The molecule has 0 aliphatic heterocycles. The summed E-state index contributed by atoms with van der Waals surface area (Å²) in [5.74, 6) is 0.664. The Morgan fingerprint density at radius 1 is 1.69 bits per heavy atom. The average Bonchev–Trinajstić information content (AvgIpc) is 2.65. The van der Waals surface area contributed by atoms with Crippen LogP contribution in [-0.4, -0.2) is 16.5 Å². The molecule has 2 N–H and O–H groups in total. The van der Waals surface area contributed by atoms with E-state index in [1.165, 1.54) is 11.3 Å². The van der Waals surface area contributed by atoms with Gasteiger partial charge in [0.2, 0.25) is 0 Å². The zero-order valence-electron chi connectivity index (χ0n) is 9.04. The molecule has 2 aromatic rings. The summed E-state index contributed by atoms with van der Waals surface area (Å²) >= 11 is 1.41. The molecule has 0 saturated heterocycles. The van der Waals surface area contributed by atoms with E-state index in [2.05, 4.69) is 21.9 Å². The van der Waals surface area contributed by atoms with Gasteiger partial charge < -0.3 is 10.3 Å². The molecule has 2 aromatic heterocycles. The number of H-pyrrole nitrogens is 1. The first kappa shape index (κ1) is 11.0. The summed E-state index contributed by atoms with van der Waals surface area (Å²) in [5, 5.41) is 5.03. The van der Waals surface area contributed by atoms with Crippen molar-refractivity contribution in [3.8, 4) is 0 Å². The molecule has 0 bridgehead atoms. The maximum absolute atomic E-state index is 11.6. The van der Waals surface area contributed by atoms with E-state index in [0.29, 0.717) is 17.1 Å². The summed E-state index contributed by atoms with van der Waals surface area (Å²) in [7, 11) is 0. The predicted octanol–water partition coefficient (Wildman–Crippen LogP) is 1.65. The van der Waals surface area contributed by atoms with Crippen LogP contribution < -0.4 is 10.9 Å². The van der Waals surface area contributed by atoms with Gasteiger partial charge in [0.1, 0.15) is 10.5 Å². The maximum atomic E-state index is 11.6. The van der Waals surface area contributed by atoms with E-state index in [1.807, 2.05) is 18.4 Å². The second-order valence-corrected chi connectivity index (χ2v) is 4.62. The third-order valence-corrected chi connectivity index (χ3v) is 2.99. The van der Waals surface area contributed by atoms with Gasteiger partial charge in [-0.1, -0.05) is 12.2 Å². The molecule has 0 unspecified atom stereocenters. The van der Waals surface area contributed by atoms with E-state index in [4.69, 9.17) is 0 Å². The molecule has 0 amide bonds. The van der Waals surface area contributed by atoms with Crippen molar-refractivity contribution in [3.63, 3.8) is 0 Å². The number of rotatable bonds is 4. The van der Waals surface area contributed by atoms with E-state index in [0.717, 1.165) is 17.6 Å². The van der Waals surface area contributed by atoms with E-state index >= 15 is 0 Å². The lowest BCUT2D eigenvalue weighted by atomic mass is 10.3. The molecular weight excluding hydrogens is 222 g/mol. The molecule has 5 heteroatoms. The molecular formula is C11H13N3OS.